The number of nitrogens with one attached hydrogen (secondary N) is 3. The van der Waals surface area contributed by atoms with Crippen LogP contribution in [-0.4, -0.2) is 71.2 Å². The lowest BCUT2D eigenvalue weighted by atomic mass is 9.86. The number of nitrogens with zero attached hydrogens (tertiary/aromatic N) is 1. The van der Waals surface area contributed by atoms with Gasteiger partial charge >= 0.3 is 0 Å². The first-order valence-electron chi connectivity index (χ1n) is 13.2. The van der Waals surface area contributed by atoms with Crippen molar-refractivity contribution in [3.8, 4) is 0 Å². The second kappa shape index (κ2) is 10.2. The molecule has 37 heavy (non-hydrogen) atoms. The highest BCUT2D eigenvalue weighted by Gasteiger charge is 2.56. The molecule has 4 N–H and O–H groups in total. The highest BCUT2D eigenvalue weighted by molar-refractivity contribution is 5.99. The summed E-state index contributed by atoms with van der Waals surface area (Å²) >= 11 is 0. The molecule has 6 atom stereocenters. The molecule has 0 aromatic heterocycles. The summed E-state index contributed by atoms with van der Waals surface area (Å²) in [6.45, 7) is 0.177. The highest BCUT2D eigenvalue weighted by Crippen LogP contribution is 2.45. The van der Waals surface area contributed by atoms with Gasteiger partial charge in [0.2, 0.25) is 17.7 Å². The molecule has 5 rings (SSSR count). The van der Waals surface area contributed by atoms with Crippen molar-refractivity contribution in [1.29, 1.82) is 0 Å². The molecule has 4 amide bonds. The summed E-state index contributed by atoms with van der Waals surface area (Å²) in [5.74, 6) is -1.99. The maximum absolute atomic E-state index is 14.2. The van der Waals surface area contributed by atoms with Crippen LogP contribution in [0.1, 0.15) is 50.5 Å². The molecule has 1 aliphatic carbocycles. The van der Waals surface area contributed by atoms with E-state index in [4.69, 9.17) is 0 Å². The number of aliphatic hydroxyl groups excluding tert-OH is 1. The highest BCUT2D eigenvalue weighted by atomic mass is 16.3. The number of aliphatic hydroxyl groups is 1. The van der Waals surface area contributed by atoms with Crippen molar-refractivity contribution in [2.75, 3.05) is 19.7 Å². The van der Waals surface area contributed by atoms with E-state index >= 15 is 0 Å². The van der Waals surface area contributed by atoms with E-state index in [2.05, 4.69) is 16.0 Å². The van der Waals surface area contributed by atoms with E-state index in [1.54, 1.807) is 4.90 Å². The standard InChI is InChI=1S/C27H34N4O6/c32-15-21(33)20(13-16-10-12-28-24(16)35)29-25(36)23-19-8-4-5-17(19)14-31(23)26(37)27(11-9-22(34)30-27)18-6-2-1-3-7-18/h1-3,6-7,16-17,19-20,23,32H,4-5,8-15H2,(H,28,35)(H,29,36)(H,30,34)/t16-,17+,19+,20+,23+,27+/m1/s1. The van der Waals surface area contributed by atoms with Crippen molar-refractivity contribution in [3.63, 3.8) is 0 Å². The van der Waals surface area contributed by atoms with Crippen LogP contribution in [0, 0.1) is 17.8 Å². The third kappa shape index (κ3) is 4.63. The van der Waals surface area contributed by atoms with Gasteiger partial charge in [-0.2, -0.15) is 0 Å². The Morgan fingerprint density at radius 3 is 2.57 bits per heavy atom. The van der Waals surface area contributed by atoms with Crippen molar-refractivity contribution in [3.05, 3.63) is 35.9 Å². The molecule has 0 bridgehead atoms. The average molecular weight is 511 g/mol. The van der Waals surface area contributed by atoms with Crippen LogP contribution in [0.25, 0.3) is 0 Å². The Balaban J connectivity index is 1.42. The van der Waals surface area contributed by atoms with Gasteiger partial charge in [-0.3, -0.25) is 24.0 Å². The van der Waals surface area contributed by atoms with Gasteiger partial charge in [-0.15, -0.1) is 0 Å². The number of carbonyl (C=O) groups excluding carboxylic acids is 5. The fourth-order valence-electron chi connectivity index (χ4n) is 6.78. The lowest BCUT2D eigenvalue weighted by Crippen LogP contribution is -2.59. The van der Waals surface area contributed by atoms with Crippen LogP contribution in [0.4, 0.5) is 0 Å². The van der Waals surface area contributed by atoms with Crippen LogP contribution in [-0.2, 0) is 29.5 Å². The number of rotatable bonds is 8. The maximum Gasteiger partial charge on any atom is 0.253 e. The molecular formula is C27H34N4O6. The third-order valence-electron chi connectivity index (χ3n) is 8.68. The molecule has 0 radical (unpaired) electrons. The number of hydrogen-bond donors (Lipinski definition) is 4. The first-order chi connectivity index (χ1) is 17.8. The second-order valence-corrected chi connectivity index (χ2v) is 10.8. The quantitative estimate of drug-likeness (QED) is 0.387. The lowest BCUT2D eigenvalue weighted by Gasteiger charge is -2.36. The number of amides is 4. The smallest absolute Gasteiger partial charge is 0.253 e. The number of ketones is 1. The van der Waals surface area contributed by atoms with Crippen LogP contribution in [0.3, 0.4) is 0 Å². The molecule has 0 spiro atoms. The fraction of sp³-hybridized carbons (Fsp3) is 0.593. The summed E-state index contributed by atoms with van der Waals surface area (Å²) in [7, 11) is 0. The number of carbonyl (C=O) groups is 5. The number of likely N-dealkylation sites (tertiary alicyclic amines) is 1. The Hall–Kier alpha value is -3.27. The minimum Gasteiger partial charge on any atom is -0.389 e. The summed E-state index contributed by atoms with van der Waals surface area (Å²) in [6, 6.07) is 7.32. The molecule has 198 valence electrons. The lowest BCUT2D eigenvalue weighted by molar-refractivity contribution is -0.146. The van der Waals surface area contributed by atoms with Gasteiger partial charge in [0.15, 0.2) is 5.78 Å². The fourth-order valence-corrected chi connectivity index (χ4v) is 6.78. The van der Waals surface area contributed by atoms with Gasteiger partial charge in [-0.05, 0) is 49.5 Å². The van der Waals surface area contributed by atoms with Gasteiger partial charge in [0, 0.05) is 25.4 Å². The van der Waals surface area contributed by atoms with E-state index in [9.17, 15) is 29.1 Å². The maximum atomic E-state index is 14.2. The SMILES string of the molecule is O=C1CC[C@@](C(=O)N2C[C@@H]3CCC[C@@H]3[C@H]2C(=O)N[C@@H](C[C@H]2CCNC2=O)C(=O)CO)(c2ccccc2)N1. The molecule has 3 aliphatic heterocycles. The van der Waals surface area contributed by atoms with Gasteiger partial charge in [0.25, 0.3) is 5.91 Å². The predicted octanol–water partition coefficient (Wildman–Crippen LogP) is -0.00860. The zero-order chi connectivity index (χ0) is 26.2. The number of hydrogen-bond acceptors (Lipinski definition) is 6. The minimum atomic E-state index is -1.24. The zero-order valence-corrected chi connectivity index (χ0v) is 20.8. The summed E-state index contributed by atoms with van der Waals surface area (Å²) in [5.41, 5.74) is -0.555. The van der Waals surface area contributed by atoms with E-state index in [0.29, 0.717) is 31.5 Å². The Morgan fingerprint density at radius 2 is 1.92 bits per heavy atom. The van der Waals surface area contributed by atoms with Crippen LogP contribution in [0.15, 0.2) is 30.3 Å². The summed E-state index contributed by atoms with van der Waals surface area (Å²) < 4.78 is 0. The molecule has 4 fully saturated rings. The Morgan fingerprint density at radius 1 is 1.14 bits per heavy atom. The Kier molecular flexibility index (Phi) is 7.02. The molecular weight excluding hydrogens is 476 g/mol. The largest absolute Gasteiger partial charge is 0.389 e. The van der Waals surface area contributed by atoms with Crippen molar-refractivity contribution in [2.45, 2.75) is 62.6 Å². The zero-order valence-electron chi connectivity index (χ0n) is 20.8. The minimum absolute atomic E-state index is 0.0477. The normalized spacial score (nSPS) is 31.5. The van der Waals surface area contributed by atoms with Gasteiger partial charge in [-0.25, -0.2) is 0 Å². The molecule has 1 saturated carbocycles. The summed E-state index contributed by atoms with van der Waals surface area (Å²) in [4.78, 5) is 66.6. The van der Waals surface area contributed by atoms with Crippen LogP contribution >= 0.6 is 0 Å². The molecule has 3 saturated heterocycles. The Labute approximate surface area is 215 Å². The number of benzene rings is 1. The molecule has 3 heterocycles. The average Bonchev–Trinajstić information content (AvgIpc) is 3.68. The van der Waals surface area contributed by atoms with Gasteiger partial charge in [-0.1, -0.05) is 36.8 Å². The number of fused-ring (bicyclic) bond motifs is 1. The topological polar surface area (TPSA) is 145 Å². The van der Waals surface area contributed by atoms with E-state index in [0.717, 1.165) is 19.3 Å². The molecule has 10 heteroatoms. The van der Waals surface area contributed by atoms with Crippen LogP contribution in [0.5, 0.6) is 0 Å². The van der Waals surface area contributed by atoms with Crippen LogP contribution in [0.2, 0.25) is 0 Å². The van der Waals surface area contributed by atoms with Crippen molar-refractivity contribution in [2.24, 2.45) is 17.8 Å². The first-order valence-corrected chi connectivity index (χ1v) is 13.2. The molecule has 10 nitrogen and oxygen atoms in total. The molecule has 1 aromatic carbocycles. The number of Topliss-reactive ketones (excluding diaryl/α,β-unsaturated/α-hetero) is 1. The van der Waals surface area contributed by atoms with Gasteiger partial charge in [0.05, 0.1) is 6.04 Å². The van der Waals surface area contributed by atoms with Gasteiger partial charge in [0.1, 0.15) is 18.2 Å². The Bertz CT molecular complexity index is 1090. The summed E-state index contributed by atoms with van der Waals surface area (Å²) in [6.07, 6.45) is 3.84. The second-order valence-electron chi connectivity index (χ2n) is 10.8. The molecule has 0 unspecified atom stereocenters. The van der Waals surface area contributed by atoms with Crippen molar-refractivity contribution < 1.29 is 29.1 Å². The van der Waals surface area contributed by atoms with Crippen molar-refractivity contribution in [1.82, 2.24) is 20.9 Å². The first kappa shape index (κ1) is 25.4. The van der Waals surface area contributed by atoms with E-state index < -0.39 is 41.8 Å². The molecule has 4 aliphatic rings. The van der Waals surface area contributed by atoms with E-state index in [1.165, 1.54) is 0 Å². The summed E-state index contributed by atoms with van der Waals surface area (Å²) in [5, 5.41) is 18.0. The van der Waals surface area contributed by atoms with E-state index in [-0.39, 0.29) is 42.4 Å². The van der Waals surface area contributed by atoms with Crippen molar-refractivity contribution >= 4 is 29.4 Å². The van der Waals surface area contributed by atoms with Crippen LogP contribution < -0.4 is 16.0 Å². The monoisotopic (exact) mass is 510 g/mol. The predicted molar refractivity (Wildman–Crippen MR) is 132 cm³/mol. The molecule has 1 aromatic rings. The van der Waals surface area contributed by atoms with E-state index in [1.807, 2.05) is 30.3 Å². The van der Waals surface area contributed by atoms with Gasteiger partial charge < -0.3 is 26.0 Å². The third-order valence-corrected chi connectivity index (χ3v) is 8.68.